The fourth-order valence-electron chi connectivity index (χ4n) is 5.19. The maximum absolute atomic E-state index is 13.3. The van der Waals surface area contributed by atoms with E-state index in [9.17, 15) is 9.59 Å². The molecule has 4 heteroatoms. The molecule has 1 aromatic rings. The number of carbonyl (C=O) groups excluding carboxylic acids is 2. The Bertz CT molecular complexity index is 894. The summed E-state index contributed by atoms with van der Waals surface area (Å²) in [5.74, 6) is 0.105. The number of rotatable bonds is 2. The van der Waals surface area contributed by atoms with Crippen LogP contribution in [-0.2, 0) is 9.59 Å². The molecule has 1 heterocycles. The van der Waals surface area contributed by atoms with Gasteiger partial charge in [-0.25, -0.2) is 0 Å². The lowest BCUT2D eigenvalue weighted by atomic mass is 9.64. The van der Waals surface area contributed by atoms with Gasteiger partial charge in [0, 0.05) is 61.1 Å². The van der Waals surface area contributed by atoms with Crippen LogP contribution in [0.15, 0.2) is 46.8 Å². The summed E-state index contributed by atoms with van der Waals surface area (Å²) < 4.78 is 0. The first kappa shape index (κ1) is 19.9. The Morgan fingerprint density at radius 1 is 0.793 bits per heavy atom. The minimum atomic E-state index is -0.246. The quantitative estimate of drug-likeness (QED) is 0.791. The number of anilines is 1. The summed E-state index contributed by atoms with van der Waals surface area (Å²) in [7, 11) is 4.03. The third-order valence-electron chi connectivity index (χ3n) is 6.46. The number of ketones is 2. The Morgan fingerprint density at radius 3 is 1.66 bits per heavy atom. The normalized spacial score (nSPS) is 23.5. The van der Waals surface area contributed by atoms with Gasteiger partial charge in [0.1, 0.15) is 0 Å². The highest BCUT2D eigenvalue weighted by atomic mass is 16.1. The minimum Gasteiger partial charge on any atom is -0.378 e. The second kappa shape index (κ2) is 6.58. The molecule has 0 saturated heterocycles. The van der Waals surface area contributed by atoms with Crippen LogP contribution in [0, 0.1) is 10.8 Å². The van der Waals surface area contributed by atoms with Gasteiger partial charge in [0.25, 0.3) is 0 Å². The highest BCUT2D eigenvalue weighted by Gasteiger charge is 2.46. The van der Waals surface area contributed by atoms with Crippen molar-refractivity contribution < 1.29 is 9.59 Å². The van der Waals surface area contributed by atoms with E-state index in [0.29, 0.717) is 12.8 Å². The van der Waals surface area contributed by atoms with Crippen LogP contribution in [0.4, 0.5) is 5.69 Å². The van der Waals surface area contributed by atoms with Gasteiger partial charge in [0.05, 0.1) is 0 Å². The fraction of sp³-hybridized carbons (Fsp3) is 0.520. The molecule has 1 aliphatic heterocycles. The van der Waals surface area contributed by atoms with Gasteiger partial charge in [-0.1, -0.05) is 39.8 Å². The Labute approximate surface area is 174 Å². The van der Waals surface area contributed by atoms with Crippen molar-refractivity contribution in [3.05, 3.63) is 52.4 Å². The summed E-state index contributed by atoms with van der Waals surface area (Å²) in [5, 5.41) is 3.57. The summed E-state index contributed by atoms with van der Waals surface area (Å²) in [6.45, 7) is 8.60. The van der Waals surface area contributed by atoms with Gasteiger partial charge in [-0.2, -0.15) is 0 Å². The van der Waals surface area contributed by atoms with Crippen molar-refractivity contribution in [1.82, 2.24) is 5.32 Å². The van der Waals surface area contributed by atoms with Crippen molar-refractivity contribution >= 4 is 17.3 Å². The summed E-state index contributed by atoms with van der Waals surface area (Å²) >= 11 is 0. The Kier molecular flexibility index (Phi) is 4.52. The number of nitrogens with one attached hydrogen (secondary N) is 1. The highest BCUT2D eigenvalue weighted by Crippen LogP contribution is 2.51. The predicted molar refractivity (Wildman–Crippen MR) is 117 cm³/mol. The molecular weight excluding hydrogens is 360 g/mol. The molecule has 0 fully saturated rings. The average molecular weight is 393 g/mol. The number of dihydropyridines is 1. The summed E-state index contributed by atoms with van der Waals surface area (Å²) in [4.78, 5) is 28.6. The van der Waals surface area contributed by atoms with Gasteiger partial charge in [-0.3, -0.25) is 9.59 Å². The van der Waals surface area contributed by atoms with Crippen LogP contribution in [0.2, 0.25) is 0 Å². The maximum atomic E-state index is 13.3. The van der Waals surface area contributed by atoms with Crippen molar-refractivity contribution in [2.24, 2.45) is 10.8 Å². The van der Waals surface area contributed by atoms with Crippen LogP contribution in [0.3, 0.4) is 0 Å². The monoisotopic (exact) mass is 392 g/mol. The van der Waals surface area contributed by atoms with Crippen LogP contribution >= 0.6 is 0 Å². The van der Waals surface area contributed by atoms with E-state index in [-0.39, 0.29) is 28.3 Å². The van der Waals surface area contributed by atoms with E-state index in [0.717, 1.165) is 46.6 Å². The van der Waals surface area contributed by atoms with Gasteiger partial charge < -0.3 is 10.2 Å². The largest absolute Gasteiger partial charge is 0.378 e. The van der Waals surface area contributed by atoms with Crippen molar-refractivity contribution in [2.75, 3.05) is 19.0 Å². The summed E-state index contributed by atoms with van der Waals surface area (Å²) in [5.41, 5.74) is 5.71. The first-order valence-electron chi connectivity index (χ1n) is 10.5. The smallest absolute Gasteiger partial charge is 0.162 e. The molecular formula is C25H32N2O2. The molecule has 154 valence electrons. The zero-order chi connectivity index (χ0) is 21.1. The van der Waals surface area contributed by atoms with Crippen LogP contribution in [0.5, 0.6) is 0 Å². The molecule has 4 rings (SSSR count). The van der Waals surface area contributed by atoms with Crippen molar-refractivity contribution in [3.8, 4) is 0 Å². The number of hydrogen-bond donors (Lipinski definition) is 1. The first-order valence-corrected chi connectivity index (χ1v) is 10.5. The molecule has 0 bridgehead atoms. The lowest BCUT2D eigenvalue weighted by Gasteiger charge is -2.44. The van der Waals surface area contributed by atoms with E-state index in [4.69, 9.17) is 0 Å². The van der Waals surface area contributed by atoms with E-state index < -0.39 is 0 Å². The van der Waals surface area contributed by atoms with Gasteiger partial charge >= 0.3 is 0 Å². The number of hydrogen-bond acceptors (Lipinski definition) is 4. The van der Waals surface area contributed by atoms with E-state index in [1.165, 1.54) is 0 Å². The van der Waals surface area contributed by atoms with Gasteiger partial charge in [-0.15, -0.1) is 0 Å². The molecule has 0 unspecified atom stereocenters. The van der Waals surface area contributed by atoms with E-state index >= 15 is 0 Å². The molecule has 0 atom stereocenters. The van der Waals surface area contributed by atoms with Gasteiger partial charge in [-0.05, 0) is 41.4 Å². The second-order valence-electron chi connectivity index (χ2n) is 10.7. The standard InChI is InChI=1S/C25H32N2O2/c1-24(2)11-17-22(19(28)13-24)21(15-7-9-16(10-8-15)27(5)6)23-18(26-17)12-25(3,4)14-20(23)29/h7-10,21,26H,11-14H2,1-6H3. The molecule has 3 aliphatic rings. The number of carbonyl (C=O) groups is 2. The van der Waals surface area contributed by atoms with E-state index in [1.54, 1.807) is 0 Å². The predicted octanol–water partition coefficient (Wildman–Crippen LogP) is 4.73. The zero-order valence-corrected chi connectivity index (χ0v) is 18.5. The molecule has 2 aliphatic carbocycles. The molecule has 0 amide bonds. The van der Waals surface area contributed by atoms with E-state index in [1.807, 2.05) is 14.1 Å². The molecule has 0 aromatic heterocycles. The Hall–Kier alpha value is -2.36. The van der Waals surface area contributed by atoms with Gasteiger partial charge in [0.15, 0.2) is 11.6 Å². The molecule has 29 heavy (non-hydrogen) atoms. The fourth-order valence-corrected chi connectivity index (χ4v) is 5.19. The van der Waals surface area contributed by atoms with Crippen molar-refractivity contribution in [1.29, 1.82) is 0 Å². The third-order valence-corrected chi connectivity index (χ3v) is 6.46. The number of nitrogens with zero attached hydrogens (tertiary/aromatic N) is 1. The third kappa shape index (κ3) is 3.54. The topological polar surface area (TPSA) is 49.4 Å². The molecule has 4 nitrogen and oxygen atoms in total. The number of benzene rings is 1. The average Bonchev–Trinajstić information content (AvgIpc) is 2.57. The van der Waals surface area contributed by atoms with Crippen LogP contribution in [-0.4, -0.2) is 25.7 Å². The summed E-state index contributed by atoms with van der Waals surface area (Å²) in [6, 6.07) is 8.32. The van der Waals surface area contributed by atoms with E-state index in [2.05, 4.69) is 62.2 Å². The SMILES string of the molecule is CN(C)c1ccc(C2C3=C(CC(C)(C)CC3=O)NC3=C2C(=O)CC(C)(C)C3)cc1. The van der Waals surface area contributed by atoms with Crippen LogP contribution in [0.25, 0.3) is 0 Å². The lowest BCUT2D eigenvalue weighted by Crippen LogP contribution is -2.42. The highest BCUT2D eigenvalue weighted by molar-refractivity contribution is 6.06. The summed E-state index contributed by atoms with van der Waals surface area (Å²) in [6.07, 6.45) is 2.74. The molecule has 1 N–H and O–H groups in total. The van der Waals surface area contributed by atoms with Crippen molar-refractivity contribution in [2.45, 2.75) is 59.3 Å². The molecule has 0 spiro atoms. The Balaban J connectivity index is 1.87. The molecule has 0 saturated carbocycles. The zero-order valence-electron chi connectivity index (χ0n) is 18.5. The first-order chi connectivity index (χ1) is 13.5. The number of allylic oxidation sites excluding steroid dienone is 4. The molecule has 0 radical (unpaired) electrons. The second-order valence-corrected chi connectivity index (χ2v) is 10.7. The minimum absolute atomic E-state index is 0.0610. The van der Waals surface area contributed by atoms with Crippen LogP contribution in [0.1, 0.15) is 64.9 Å². The number of Topliss-reactive ketones (excluding diaryl/α,β-unsaturated/α-hetero) is 2. The van der Waals surface area contributed by atoms with Crippen LogP contribution < -0.4 is 10.2 Å². The lowest BCUT2D eigenvalue weighted by molar-refractivity contribution is -0.119. The Morgan fingerprint density at radius 2 is 1.24 bits per heavy atom. The molecule has 1 aromatic carbocycles. The van der Waals surface area contributed by atoms with Crippen molar-refractivity contribution in [3.63, 3.8) is 0 Å². The maximum Gasteiger partial charge on any atom is 0.162 e. The van der Waals surface area contributed by atoms with Gasteiger partial charge in [0.2, 0.25) is 0 Å².